The summed E-state index contributed by atoms with van der Waals surface area (Å²) in [5.41, 5.74) is 1.50. The van der Waals surface area contributed by atoms with Crippen LogP contribution in [-0.4, -0.2) is 45.1 Å². The molecule has 0 radical (unpaired) electrons. The van der Waals surface area contributed by atoms with E-state index >= 15 is 0 Å². The fourth-order valence-electron chi connectivity index (χ4n) is 2.74. The van der Waals surface area contributed by atoms with E-state index in [1.807, 2.05) is 4.90 Å². The first kappa shape index (κ1) is 15.2. The quantitative estimate of drug-likeness (QED) is 0.625. The van der Waals surface area contributed by atoms with Gasteiger partial charge in [0, 0.05) is 44.5 Å². The summed E-state index contributed by atoms with van der Waals surface area (Å²) in [7, 11) is 1.80. The fourth-order valence-corrected chi connectivity index (χ4v) is 2.74. The number of rotatable bonds is 4. The Labute approximate surface area is 133 Å². The van der Waals surface area contributed by atoms with Gasteiger partial charge in [0.2, 0.25) is 5.91 Å². The SMILES string of the molecule is Cn1cc(N2CCN(Cc3ccccc3[N+](=O)[O-])CC2=O)cn1. The maximum absolute atomic E-state index is 12.3. The second kappa shape index (κ2) is 6.17. The lowest BCUT2D eigenvalue weighted by Gasteiger charge is -2.33. The molecule has 0 unspecified atom stereocenters. The van der Waals surface area contributed by atoms with Crippen molar-refractivity contribution in [2.45, 2.75) is 6.54 Å². The number of hydrogen-bond acceptors (Lipinski definition) is 5. The lowest BCUT2D eigenvalue weighted by molar-refractivity contribution is -0.385. The van der Waals surface area contributed by atoms with Crippen molar-refractivity contribution in [3.8, 4) is 0 Å². The summed E-state index contributed by atoms with van der Waals surface area (Å²) in [5, 5.41) is 15.1. The molecular formula is C15H17N5O3. The van der Waals surface area contributed by atoms with Crippen LogP contribution in [0, 0.1) is 10.1 Å². The Bertz CT molecular complexity index is 742. The number of benzene rings is 1. The van der Waals surface area contributed by atoms with Crippen LogP contribution < -0.4 is 4.90 Å². The topological polar surface area (TPSA) is 84.5 Å². The number of nitro groups is 1. The number of hydrogen-bond donors (Lipinski definition) is 0. The van der Waals surface area contributed by atoms with E-state index in [9.17, 15) is 14.9 Å². The number of carbonyl (C=O) groups is 1. The average molecular weight is 315 g/mol. The van der Waals surface area contributed by atoms with Crippen LogP contribution >= 0.6 is 0 Å². The van der Waals surface area contributed by atoms with Crippen molar-refractivity contribution in [3.05, 3.63) is 52.3 Å². The van der Waals surface area contributed by atoms with E-state index in [4.69, 9.17) is 0 Å². The molecule has 8 nitrogen and oxygen atoms in total. The zero-order valence-corrected chi connectivity index (χ0v) is 12.8. The minimum absolute atomic E-state index is 0.0252. The van der Waals surface area contributed by atoms with Gasteiger partial charge >= 0.3 is 0 Å². The largest absolute Gasteiger partial charge is 0.307 e. The zero-order chi connectivity index (χ0) is 16.4. The van der Waals surface area contributed by atoms with Gasteiger partial charge in [0.15, 0.2) is 0 Å². The molecule has 1 aromatic carbocycles. The highest BCUT2D eigenvalue weighted by Crippen LogP contribution is 2.22. The molecule has 0 atom stereocenters. The van der Waals surface area contributed by atoms with Crippen molar-refractivity contribution >= 4 is 17.3 Å². The van der Waals surface area contributed by atoms with Gasteiger partial charge in [0.25, 0.3) is 5.69 Å². The predicted octanol–water partition coefficient (Wildman–Crippen LogP) is 1.18. The van der Waals surface area contributed by atoms with Crippen molar-refractivity contribution < 1.29 is 9.72 Å². The summed E-state index contributed by atoms with van der Waals surface area (Å²) < 4.78 is 1.66. The summed E-state index contributed by atoms with van der Waals surface area (Å²) in [4.78, 5) is 26.6. The maximum atomic E-state index is 12.3. The van der Waals surface area contributed by atoms with Gasteiger partial charge in [-0.3, -0.25) is 24.5 Å². The molecule has 0 aliphatic carbocycles. The molecule has 1 aliphatic rings. The van der Waals surface area contributed by atoms with Crippen LogP contribution in [0.3, 0.4) is 0 Å². The van der Waals surface area contributed by atoms with Gasteiger partial charge in [-0.2, -0.15) is 5.10 Å². The van der Waals surface area contributed by atoms with Crippen LogP contribution in [0.1, 0.15) is 5.56 Å². The Morgan fingerprint density at radius 3 is 2.74 bits per heavy atom. The second-order valence-corrected chi connectivity index (χ2v) is 5.51. The van der Waals surface area contributed by atoms with E-state index in [0.29, 0.717) is 25.2 Å². The monoisotopic (exact) mass is 315 g/mol. The van der Waals surface area contributed by atoms with Crippen LogP contribution in [-0.2, 0) is 18.4 Å². The van der Waals surface area contributed by atoms with E-state index < -0.39 is 0 Å². The fraction of sp³-hybridized carbons (Fsp3) is 0.333. The molecule has 1 saturated heterocycles. The third kappa shape index (κ3) is 3.21. The molecule has 0 spiro atoms. The molecule has 2 aromatic rings. The number of aromatic nitrogens is 2. The van der Waals surface area contributed by atoms with Crippen molar-refractivity contribution in [1.29, 1.82) is 0 Å². The molecule has 0 bridgehead atoms. The summed E-state index contributed by atoms with van der Waals surface area (Å²) in [6.45, 7) is 1.84. The van der Waals surface area contributed by atoms with Gasteiger partial charge in [-0.1, -0.05) is 18.2 Å². The number of para-hydroxylation sites is 1. The number of piperazine rings is 1. The molecule has 2 heterocycles. The average Bonchev–Trinajstić information content (AvgIpc) is 2.94. The summed E-state index contributed by atoms with van der Waals surface area (Å²) >= 11 is 0. The number of nitrogens with zero attached hydrogens (tertiary/aromatic N) is 5. The molecule has 0 saturated carbocycles. The minimum atomic E-state index is -0.386. The van der Waals surface area contributed by atoms with Crippen molar-refractivity contribution in [1.82, 2.24) is 14.7 Å². The Hall–Kier alpha value is -2.74. The molecule has 1 amide bonds. The zero-order valence-electron chi connectivity index (χ0n) is 12.8. The lowest BCUT2D eigenvalue weighted by atomic mass is 10.1. The first-order valence-corrected chi connectivity index (χ1v) is 7.28. The molecule has 120 valence electrons. The summed E-state index contributed by atoms with van der Waals surface area (Å²) in [5.74, 6) is -0.0252. The molecule has 1 fully saturated rings. The van der Waals surface area contributed by atoms with Gasteiger partial charge in [0.05, 0.1) is 23.4 Å². The van der Waals surface area contributed by atoms with E-state index in [-0.39, 0.29) is 23.1 Å². The molecule has 23 heavy (non-hydrogen) atoms. The van der Waals surface area contributed by atoms with Gasteiger partial charge in [-0.05, 0) is 0 Å². The number of anilines is 1. The maximum Gasteiger partial charge on any atom is 0.273 e. The highest BCUT2D eigenvalue weighted by Gasteiger charge is 2.27. The van der Waals surface area contributed by atoms with Crippen LogP contribution in [0.5, 0.6) is 0 Å². The molecular weight excluding hydrogens is 298 g/mol. The highest BCUT2D eigenvalue weighted by molar-refractivity contribution is 5.95. The minimum Gasteiger partial charge on any atom is -0.307 e. The standard InChI is InChI=1S/C15H17N5O3/c1-17-10-13(8-16-17)19-7-6-18(11-15(19)21)9-12-4-2-3-5-14(12)20(22)23/h2-5,8,10H,6-7,9,11H2,1H3. The molecule has 3 rings (SSSR count). The number of nitro benzene ring substituents is 1. The van der Waals surface area contributed by atoms with Gasteiger partial charge in [0.1, 0.15) is 0 Å². The van der Waals surface area contributed by atoms with Gasteiger partial charge < -0.3 is 4.90 Å². The molecule has 8 heteroatoms. The van der Waals surface area contributed by atoms with E-state index in [1.165, 1.54) is 6.07 Å². The van der Waals surface area contributed by atoms with Crippen LogP contribution in [0.4, 0.5) is 11.4 Å². The predicted molar refractivity (Wildman–Crippen MR) is 83.9 cm³/mol. The van der Waals surface area contributed by atoms with E-state index in [2.05, 4.69) is 5.10 Å². The third-order valence-electron chi connectivity index (χ3n) is 3.88. The number of aryl methyl sites for hydroxylation is 1. The Morgan fingerprint density at radius 1 is 1.30 bits per heavy atom. The van der Waals surface area contributed by atoms with Crippen molar-refractivity contribution in [2.75, 3.05) is 24.5 Å². The number of carbonyl (C=O) groups excluding carboxylic acids is 1. The van der Waals surface area contributed by atoms with E-state index in [0.717, 1.165) is 5.69 Å². The van der Waals surface area contributed by atoms with Crippen LogP contribution in [0.15, 0.2) is 36.7 Å². The first-order chi connectivity index (χ1) is 11.0. The van der Waals surface area contributed by atoms with Crippen molar-refractivity contribution in [3.63, 3.8) is 0 Å². The Balaban J connectivity index is 1.69. The Morgan fingerprint density at radius 2 is 2.09 bits per heavy atom. The normalized spacial score (nSPS) is 15.9. The third-order valence-corrected chi connectivity index (χ3v) is 3.88. The van der Waals surface area contributed by atoms with Gasteiger partial charge in [-0.25, -0.2) is 0 Å². The number of amides is 1. The van der Waals surface area contributed by atoms with Gasteiger partial charge in [-0.15, -0.1) is 0 Å². The van der Waals surface area contributed by atoms with Crippen LogP contribution in [0.2, 0.25) is 0 Å². The lowest BCUT2D eigenvalue weighted by Crippen LogP contribution is -2.50. The molecule has 1 aromatic heterocycles. The second-order valence-electron chi connectivity index (χ2n) is 5.51. The van der Waals surface area contributed by atoms with Crippen LogP contribution in [0.25, 0.3) is 0 Å². The molecule has 1 aliphatic heterocycles. The first-order valence-electron chi connectivity index (χ1n) is 7.28. The van der Waals surface area contributed by atoms with E-state index in [1.54, 1.807) is 47.2 Å². The Kier molecular flexibility index (Phi) is 4.07. The summed E-state index contributed by atoms with van der Waals surface area (Å²) in [6, 6.07) is 6.64. The smallest absolute Gasteiger partial charge is 0.273 e. The summed E-state index contributed by atoms with van der Waals surface area (Å²) in [6.07, 6.45) is 3.46. The highest BCUT2D eigenvalue weighted by atomic mass is 16.6. The molecule has 0 N–H and O–H groups in total. The van der Waals surface area contributed by atoms with Crippen molar-refractivity contribution in [2.24, 2.45) is 7.05 Å².